The molecule has 7 nitrogen and oxygen atoms in total. The topological polar surface area (TPSA) is 86.6 Å². The van der Waals surface area contributed by atoms with Gasteiger partial charge in [-0.25, -0.2) is 4.79 Å². The van der Waals surface area contributed by atoms with Crippen LogP contribution >= 0.6 is 0 Å². The predicted octanol–water partition coefficient (Wildman–Crippen LogP) is 4.47. The Labute approximate surface area is 193 Å². The van der Waals surface area contributed by atoms with Crippen LogP contribution in [0, 0.1) is 0 Å². The third-order valence-corrected chi connectivity index (χ3v) is 6.27. The zero-order valence-electron chi connectivity index (χ0n) is 18.6. The van der Waals surface area contributed by atoms with Crippen LogP contribution in [0.3, 0.4) is 0 Å². The number of ether oxygens (including phenoxy) is 2. The van der Waals surface area contributed by atoms with Gasteiger partial charge in [-0.1, -0.05) is 12.1 Å². The maximum Gasteiger partial charge on any atom is 0.387 e. The largest absolute Gasteiger partial charge is 0.432 e. The van der Waals surface area contributed by atoms with E-state index in [4.69, 9.17) is 4.74 Å². The SMILES string of the molecule is CC(=O)OC(=O)c1cn(C2CC2)c2c(OC(F)F)c(-c3ccc4c(c3)CNC4C)ccc2c1=O. The van der Waals surface area contributed by atoms with Gasteiger partial charge in [0.2, 0.25) is 5.43 Å². The first-order valence-electron chi connectivity index (χ1n) is 11.0. The molecule has 34 heavy (non-hydrogen) atoms. The highest BCUT2D eigenvalue weighted by Crippen LogP contribution is 2.43. The minimum Gasteiger partial charge on any atom is -0.432 e. The van der Waals surface area contributed by atoms with Crippen molar-refractivity contribution < 1.29 is 27.8 Å². The van der Waals surface area contributed by atoms with Gasteiger partial charge in [-0.05, 0) is 54.7 Å². The molecule has 0 bridgehead atoms. The molecule has 1 aromatic heterocycles. The zero-order valence-corrected chi connectivity index (χ0v) is 18.6. The Hall–Kier alpha value is -3.59. The molecular weight excluding hydrogens is 446 g/mol. The number of halogens is 2. The maximum absolute atomic E-state index is 13.6. The van der Waals surface area contributed by atoms with E-state index in [1.807, 2.05) is 18.2 Å². The van der Waals surface area contributed by atoms with Crippen LogP contribution in [0.1, 0.15) is 60.3 Å². The van der Waals surface area contributed by atoms with E-state index in [1.54, 1.807) is 10.6 Å². The number of aromatic nitrogens is 1. The first-order valence-corrected chi connectivity index (χ1v) is 11.0. The maximum atomic E-state index is 13.6. The molecule has 1 aliphatic heterocycles. The highest BCUT2D eigenvalue weighted by atomic mass is 19.3. The van der Waals surface area contributed by atoms with Gasteiger partial charge in [-0.15, -0.1) is 0 Å². The third kappa shape index (κ3) is 3.86. The number of rotatable bonds is 5. The van der Waals surface area contributed by atoms with E-state index in [2.05, 4.69) is 17.0 Å². The van der Waals surface area contributed by atoms with Crippen LogP contribution in [0.15, 0.2) is 41.3 Å². The summed E-state index contributed by atoms with van der Waals surface area (Å²) in [6, 6.07) is 8.90. The van der Waals surface area contributed by atoms with E-state index in [-0.39, 0.29) is 34.3 Å². The Bertz CT molecular complexity index is 1390. The summed E-state index contributed by atoms with van der Waals surface area (Å²) in [7, 11) is 0. The van der Waals surface area contributed by atoms with Gasteiger partial charge < -0.3 is 19.4 Å². The van der Waals surface area contributed by atoms with Crippen molar-refractivity contribution in [3.8, 4) is 16.9 Å². The van der Waals surface area contributed by atoms with Crippen LogP contribution in [0.25, 0.3) is 22.0 Å². The number of hydrogen-bond donors (Lipinski definition) is 1. The number of benzene rings is 2. The zero-order chi connectivity index (χ0) is 24.1. The Morgan fingerprint density at radius 1 is 1.18 bits per heavy atom. The molecule has 176 valence electrons. The summed E-state index contributed by atoms with van der Waals surface area (Å²) in [5, 5.41) is 3.39. The molecule has 0 spiro atoms. The number of fused-ring (bicyclic) bond motifs is 2. The lowest BCUT2D eigenvalue weighted by Crippen LogP contribution is -2.22. The summed E-state index contributed by atoms with van der Waals surface area (Å²) < 4.78 is 38.4. The first-order chi connectivity index (χ1) is 16.2. The Balaban J connectivity index is 1.76. The van der Waals surface area contributed by atoms with Crippen LogP contribution in [-0.2, 0) is 16.1 Å². The summed E-state index contributed by atoms with van der Waals surface area (Å²) in [4.78, 5) is 36.8. The quantitative estimate of drug-likeness (QED) is 0.439. The number of carbonyl (C=O) groups excluding carboxylic acids is 2. The molecular formula is C25H22F2N2O5. The normalized spacial score (nSPS) is 17.1. The summed E-state index contributed by atoms with van der Waals surface area (Å²) in [6.45, 7) is 0.657. The van der Waals surface area contributed by atoms with E-state index >= 15 is 0 Å². The molecule has 1 unspecified atom stereocenters. The van der Waals surface area contributed by atoms with Gasteiger partial charge in [0.25, 0.3) is 0 Å². The van der Waals surface area contributed by atoms with E-state index in [1.165, 1.54) is 12.3 Å². The van der Waals surface area contributed by atoms with Crippen molar-refractivity contribution in [1.82, 2.24) is 9.88 Å². The van der Waals surface area contributed by atoms with E-state index in [9.17, 15) is 23.2 Å². The molecule has 9 heteroatoms. The van der Waals surface area contributed by atoms with Crippen LogP contribution in [0.2, 0.25) is 0 Å². The number of hydrogen-bond acceptors (Lipinski definition) is 6. The van der Waals surface area contributed by atoms with Gasteiger partial charge >= 0.3 is 18.6 Å². The molecule has 3 aromatic rings. The number of nitrogens with one attached hydrogen (secondary N) is 1. The molecule has 1 N–H and O–H groups in total. The molecule has 2 heterocycles. The second kappa shape index (κ2) is 8.32. The van der Waals surface area contributed by atoms with Crippen molar-refractivity contribution in [1.29, 1.82) is 0 Å². The lowest BCUT2D eigenvalue weighted by molar-refractivity contribution is -0.135. The minimum absolute atomic E-state index is 0.0424. The number of alkyl halides is 2. The van der Waals surface area contributed by atoms with Crippen molar-refractivity contribution in [2.75, 3.05) is 0 Å². The number of esters is 2. The summed E-state index contributed by atoms with van der Waals surface area (Å²) in [5.41, 5.74) is 2.46. The lowest BCUT2D eigenvalue weighted by atomic mass is 9.96. The fraction of sp³-hybridized carbons (Fsp3) is 0.320. The van der Waals surface area contributed by atoms with Crippen LogP contribution < -0.4 is 15.5 Å². The van der Waals surface area contributed by atoms with Crippen molar-refractivity contribution in [3.05, 3.63) is 63.4 Å². The van der Waals surface area contributed by atoms with Crippen LogP contribution in [-0.4, -0.2) is 23.1 Å². The smallest absolute Gasteiger partial charge is 0.387 e. The molecule has 0 radical (unpaired) electrons. The number of nitrogens with zero attached hydrogens (tertiary/aromatic N) is 1. The van der Waals surface area contributed by atoms with E-state index < -0.39 is 24.0 Å². The van der Waals surface area contributed by atoms with Crippen molar-refractivity contribution >= 4 is 22.8 Å². The highest BCUT2D eigenvalue weighted by Gasteiger charge is 2.31. The second-order valence-corrected chi connectivity index (χ2v) is 8.62. The average Bonchev–Trinajstić information content (AvgIpc) is 3.56. The van der Waals surface area contributed by atoms with Crippen molar-refractivity contribution in [2.24, 2.45) is 0 Å². The summed E-state index contributed by atoms with van der Waals surface area (Å²) >= 11 is 0. The van der Waals surface area contributed by atoms with Gasteiger partial charge in [0, 0.05) is 37.3 Å². The van der Waals surface area contributed by atoms with Gasteiger partial charge in [0.15, 0.2) is 5.75 Å². The average molecular weight is 468 g/mol. The first kappa shape index (κ1) is 22.2. The standard InChI is InChI=1S/C25H22F2N2O5/c1-12-17-6-3-14(9-15(17)10-28-12)18-7-8-19-21(23(18)34-25(26)27)29(16-4-5-16)11-20(22(19)31)24(32)33-13(2)30/h3,6-9,11-12,16,25,28H,4-5,10H2,1-2H3. The van der Waals surface area contributed by atoms with Crippen molar-refractivity contribution in [3.63, 3.8) is 0 Å². The fourth-order valence-electron chi connectivity index (χ4n) is 4.55. The van der Waals surface area contributed by atoms with Gasteiger partial charge in [-0.3, -0.25) is 9.59 Å². The second-order valence-electron chi connectivity index (χ2n) is 8.62. The van der Waals surface area contributed by atoms with Gasteiger partial charge in [0.1, 0.15) is 5.56 Å². The highest BCUT2D eigenvalue weighted by molar-refractivity contribution is 6.01. The van der Waals surface area contributed by atoms with Crippen molar-refractivity contribution in [2.45, 2.75) is 51.9 Å². The van der Waals surface area contributed by atoms with E-state index in [0.29, 0.717) is 17.7 Å². The molecule has 5 rings (SSSR count). The molecule has 1 atom stereocenters. The Kier molecular flexibility index (Phi) is 5.44. The molecule has 0 amide bonds. The lowest BCUT2D eigenvalue weighted by Gasteiger charge is -2.19. The summed E-state index contributed by atoms with van der Waals surface area (Å²) in [5.74, 6) is -2.05. The monoisotopic (exact) mass is 468 g/mol. The summed E-state index contributed by atoms with van der Waals surface area (Å²) in [6.07, 6.45) is 2.78. The molecule has 2 aromatic carbocycles. The van der Waals surface area contributed by atoms with Crippen LogP contribution in [0.4, 0.5) is 8.78 Å². The minimum atomic E-state index is -3.12. The molecule has 0 saturated heterocycles. The van der Waals surface area contributed by atoms with Gasteiger partial charge in [0.05, 0.1) is 10.9 Å². The number of carbonyl (C=O) groups is 2. The predicted molar refractivity (Wildman–Crippen MR) is 120 cm³/mol. The molecule has 1 fully saturated rings. The van der Waals surface area contributed by atoms with Crippen LogP contribution in [0.5, 0.6) is 5.75 Å². The third-order valence-electron chi connectivity index (χ3n) is 6.27. The van der Waals surface area contributed by atoms with Gasteiger partial charge in [-0.2, -0.15) is 8.78 Å². The fourth-order valence-corrected chi connectivity index (χ4v) is 4.55. The Morgan fingerprint density at radius 2 is 1.94 bits per heavy atom. The molecule has 2 aliphatic rings. The Morgan fingerprint density at radius 3 is 2.62 bits per heavy atom. The van der Waals surface area contributed by atoms with E-state index in [0.717, 1.165) is 30.9 Å². The molecule has 1 aliphatic carbocycles. The number of pyridine rings is 1. The molecule has 1 saturated carbocycles.